The van der Waals surface area contributed by atoms with E-state index in [-0.39, 0.29) is 18.0 Å². The highest BCUT2D eigenvalue weighted by Gasteiger charge is 2.31. The lowest BCUT2D eigenvalue weighted by molar-refractivity contribution is -0.417. The van der Waals surface area contributed by atoms with Crippen LogP contribution >= 0.6 is 0 Å². The molecule has 6 nitrogen and oxygen atoms in total. The molecule has 0 unspecified atom stereocenters. The maximum atomic E-state index is 12.3. The molecule has 0 aliphatic carbocycles. The average molecular weight is 299 g/mol. The van der Waals surface area contributed by atoms with Crippen molar-refractivity contribution in [2.24, 2.45) is 5.92 Å². The number of quaternary nitrogens is 1. The van der Waals surface area contributed by atoms with E-state index in [1.807, 2.05) is 4.90 Å². The summed E-state index contributed by atoms with van der Waals surface area (Å²) in [4.78, 5) is 27.9. The quantitative estimate of drug-likeness (QED) is 0.692. The van der Waals surface area contributed by atoms with E-state index >= 15 is 0 Å². The van der Waals surface area contributed by atoms with Crippen LogP contribution in [0, 0.1) is 5.92 Å². The zero-order valence-electron chi connectivity index (χ0n) is 13.7. The molecule has 1 aliphatic heterocycles. The normalized spacial score (nSPS) is 18.3. The largest absolute Gasteiger partial charge is 0.347 e. The van der Waals surface area contributed by atoms with Crippen LogP contribution in [0.2, 0.25) is 0 Å². The van der Waals surface area contributed by atoms with Gasteiger partial charge in [0.25, 0.3) is 5.91 Å². The number of carbonyl (C=O) groups excluding carboxylic acids is 2. The fourth-order valence-electron chi connectivity index (χ4n) is 2.38. The van der Waals surface area contributed by atoms with Crippen LogP contribution in [0.5, 0.6) is 0 Å². The SMILES string of the molecule is CCCCNC(=O)N1CCN(C(=O)[C@H]([NH3+])[C@H](C)CC)CC1. The van der Waals surface area contributed by atoms with E-state index in [0.717, 1.165) is 25.8 Å². The van der Waals surface area contributed by atoms with E-state index in [1.54, 1.807) is 4.90 Å². The van der Waals surface area contributed by atoms with Gasteiger partial charge < -0.3 is 20.9 Å². The first kappa shape index (κ1) is 17.8. The molecule has 1 saturated heterocycles. The van der Waals surface area contributed by atoms with Gasteiger partial charge in [-0.2, -0.15) is 0 Å². The lowest BCUT2D eigenvalue weighted by atomic mass is 9.98. The molecule has 0 radical (unpaired) electrons. The number of hydrogen-bond donors (Lipinski definition) is 2. The molecular weight excluding hydrogens is 268 g/mol. The number of amides is 3. The van der Waals surface area contributed by atoms with Crippen molar-refractivity contribution in [3.05, 3.63) is 0 Å². The van der Waals surface area contributed by atoms with Gasteiger partial charge in [0, 0.05) is 38.6 Å². The van der Waals surface area contributed by atoms with Crippen molar-refractivity contribution in [2.45, 2.75) is 46.1 Å². The Morgan fingerprint density at radius 3 is 2.24 bits per heavy atom. The Morgan fingerprint density at radius 1 is 1.14 bits per heavy atom. The lowest BCUT2D eigenvalue weighted by Gasteiger charge is -2.35. The summed E-state index contributed by atoms with van der Waals surface area (Å²) in [5.74, 6) is 0.420. The highest BCUT2D eigenvalue weighted by Crippen LogP contribution is 2.09. The Labute approximate surface area is 128 Å². The standard InChI is InChI=1S/C15H30N4O2/c1-4-6-7-17-15(21)19-10-8-18(9-11-19)14(20)13(16)12(3)5-2/h12-13H,4-11,16H2,1-3H3,(H,17,21)/p+1/t12-,13-/m1/s1. The molecule has 1 heterocycles. The van der Waals surface area contributed by atoms with Crippen LogP contribution in [0.4, 0.5) is 4.79 Å². The third-order valence-electron chi connectivity index (χ3n) is 4.33. The van der Waals surface area contributed by atoms with Gasteiger partial charge >= 0.3 is 6.03 Å². The van der Waals surface area contributed by atoms with E-state index in [4.69, 9.17) is 0 Å². The van der Waals surface area contributed by atoms with Gasteiger partial charge in [0.05, 0.1) is 0 Å². The van der Waals surface area contributed by atoms with Gasteiger partial charge in [0.2, 0.25) is 0 Å². The molecule has 0 bridgehead atoms. The molecule has 1 rings (SSSR count). The summed E-state index contributed by atoms with van der Waals surface area (Å²) < 4.78 is 0. The van der Waals surface area contributed by atoms with Crippen LogP contribution in [0.1, 0.15) is 40.0 Å². The number of unbranched alkanes of at least 4 members (excludes halogenated alkanes) is 1. The predicted octanol–water partition coefficient (Wildman–Crippen LogP) is 0.297. The summed E-state index contributed by atoms with van der Waals surface area (Å²) in [6.45, 7) is 9.41. The third-order valence-corrected chi connectivity index (χ3v) is 4.33. The van der Waals surface area contributed by atoms with E-state index in [0.29, 0.717) is 32.1 Å². The number of urea groups is 1. The molecule has 6 heteroatoms. The highest BCUT2D eigenvalue weighted by molar-refractivity contribution is 5.81. The predicted molar refractivity (Wildman–Crippen MR) is 82.6 cm³/mol. The summed E-state index contributed by atoms with van der Waals surface area (Å²) in [7, 11) is 0. The van der Waals surface area contributed by atoms with E-state index in [1.165, 1.54) is 0 Å². The molecule has 4 N–H and O–H groups in total. The fourth-order valence-corrected chi connectivity index (χ4v) is 2.38. The first-order valence-electron chi connectivity index (χ1n) is 8.15. The van der Waals surface area contributed by atoms with E-state index < -0.39 is 0 Å². The van der Waals surface area contributed by atoms with Crippen LogP contribution in [-0.2, 0) is 4.79 Å². The summed E-state index contributed by atoms with van der Waals surface area (Å²) >= 11 is 0. The zero-order chi connectivity index (χ0) is 15.8. The molecule has 3 amide bonds. The Kier molecular flexibility index (Phi) is 7.50. The third kappa shape index (κ3) is 5.19. The van der Waals surface area contributed by atoms with Crippen molar-refractivity contribution < 1.29 is 15.3 Å². The van der Waals surface area contributed by atoms with Crippen LogP contribution < -0.4 is 11.1 Å². The van der Waals surface area contributed by atoms with Gasteiger partial charge in [-0.05, 0) is 12.8 Å². The topological polar surface area (TPSA) is 80.3 Å². The first-order valence-corrected chi connectivity index (χ1v) is 8.15. The minimum Gasteiger partial charge on any atom is -0.347 e. The van der Waals surface area contributed by atoms with Crippen molar-refractivity contribution >= 4 is 11.9 Å². The number of nitrogens with one attached hydrogen (secondary N) is 1. The molecule has 0 spiro atoms. The summed E-state index contributed by atoms with van der Waals surface area (Å²) in [5, 5.41) is 2.92. The second kappa shape index (κ2) is 8.87. The van der Waals surface area contributed by atoms with Gasteiger partial charge in [-0.25, -0.2) is 4.79 Å². The molecule has 21 heavy (non-hydrogen) atoms. The zero-order valence-corrected chi connectivity index (χ0v) is 13.7. The minimum atomic E-state index is -0.181. The number of nitrogens with zero attached hydrogens (tertiary/aromatic N) is 2. The first-order chi connectivity index (χ1) is 10.0. The molecule has 1 aliphatic rings. The summed E-state index contributed by atoms with van der Waals surface area (Å²) in [5.41, 5.74) is 4.00. The van der Waals surface area contributed by atoms with Crippen LogP contribution in [-0.4, -0.2) is 60.5 Å². The van der Waals surface area contributed by atoms with Crippen molar-refractivity contribution in [3.8, 4) is 0 Å². The smallest absolute Gasteiger partial charge is 0.317 e. The molecule has 0 aromatic carbocycles. The molecule has 0 saturated carbocycles. The Balaban J connectivity index is 2.37. The number of hydrogen-bond acceptors (Lipinski definition) is 2. The van der Waals surface area contributed by atoms with Crippen molar-refractivity contribution in [2.75, 3.05) is 32.7 Å². The van der Waals surface area contributed by atoms with E-state index in [9.17, 15) is 9.59 Å². The molecule has 122 valence electrons. The number of carbonyl (C=O) groups is 2. The number of piperazine rings is 1. The van der Waals surface area contributed by atoms with Gasteiger partial charge in [0.15, 0.2) is 6.04 Å². The summed E-state index contributed by atoms with van der Waals surface area (Å²) in [6.07, 6.45) is 3.03. The molecule has 2 atom stereocenters. The fraction of sp³-hybridized carbons (Fsp3) is 0.867. The molecule has 0 aromatic heterocycles. The second-order valence-corrected chi connectivity index (χ2v) is 5.89. The minimum absolute atomic E-state index is 0.0105. The maximum Gasteiger partial charge on any atom is 0.317 e. The van der Waals surface area contributed by atoms with E-state index in [2.05, 4.69) is 31.8 Å². The lowest BCUT2D eigenvalue weighted by Crippen LogP contribution is -2.71. The maximum absolute atomic E-state index is 12.3. The molecule has 0 aromatic rings. The molecular formula is C15H31N4O2+. The van der Waals surface area contributed by atoms with Gasteiger partial charge in [-0.15, -0.1) is 0 Å². The van der Waals surface area contributed by atoms with Crippen LogP contribution in [0.15, 0.2) is 0 Å². The molecule has 1 fully saturated rings. The van der Waals surface area contributed by atoms with Crippen molar-refractivity contribution in [1.29, 1.82) is 0 Å². The Bertz CT molecular complexity index is 341. The van der Waals surface area contributed by atoms with Gasteiger partial charge in [0.1, 0.15) is 0 Å². The van der Waals surface area contributed by atoms with Gasteiger partial charge in [-0.3, -0.25) is 4.79 Å². The van der Waals surface area contributed by atoms with Crippen molar-refractivity contribution in [3.63, 3.8) is 0 Å². The Hall–Kier alpha value is -1.30. The highest BCUT2D eigenvalue weighted by atomic mass is 16.2. The van der Waals surface area contributed by atoms with Crippen molar-refractivity contribution in [1.82, 2.24) is 15.1 Å². The van der Waals surface area contributed by atoms with Gasteiger partial charge in [-0.1, -0.05) is 27.2 Å². The van der Waals surface area contributed by atoms with Crippen LogP contribution in [0.3, 0.4) is 0 Å². The average Bonchev–Trinajstić information content (AvgIpc) is 2.52. The van der Waals surface area contributed by atoms with Crippen LogP contribution in [0.25, 0.3) is 0 Å². The summed E-state index contributed by atoms with van der Waals surface area (Å²) in [6, 6.07) is -0.191. The Morgan fingerprint density at radius 2 is 1.71 bits per heavy atom. The number of rotatable bonds is 6. The monoisotopic (exact) mass is 299 g/mol. The second-order valence-electron chi connectivity index (χ2n) is 5.89.